The largest absolute Gasteiger partial charge is 0.463 e. The monoisotopic (exact) mass is 285 g/mol. The van der Waals surface area contributed by atoms with Crippen molar-refractivity contribution in [3.05, 3.63) is 30.4 Å². The highest BCUT2D eigenvalue weighted by atomic mass is 16.5. The number of furan rings is 1. The van der Waals surface area contributed by atoms with E-state index in [0.29, 0.717) is 29.8 Å². The van der Waals surface area contributed by atoms with E-state index in [0.717, 1.165) is 18.2 Å². The summed E-state index contributed by atoms with van der Waals surface area (Å²) in [5.41, 5.74) is 0.600. The van der Waals surface area contributed by atoms with E-state index < -0.39 is 0 Å². The summed E-state index contributed by atoms with van der Waals surface area (Å²) in [6.07, 6.45) is 6.84. The van der Waals surface area contributed by atoms with Crippen molar-refractivity contribution in [3.63, 3.8) is 0 Å². The van der Waals surface area contributed by atoms with Crippen LogP contribution in [0.15, 0.2) is 34.0 Å². The third-order valence-electron chi connectivity index (χ3n) is 2.86. The maximum absolute atomic E-state index is 5.53. The van der Waals surface area contributed by atoms with Gasteiger partial charge in [-0.15, -0.1) is 0 Å². The third-order valence-corrected chi connectivity index (χ3v) is 2.86. The van der Waals surface area contributed by atoms with Gasteiger partial charge in [0.2, 0.25) is 0 Å². The molecule has 108 valence electrons. The number of rotatable bonds is 6. The molecule has 3 aromatic rings. The standard InChI is InChI=1S/C14H15N5O2/c1-2-3-6-21-14-17-12(11-9-16-19-13(11)18-14)15-8-10-5-4-7-20-10/h4-5,7-9H,2-3,6H2,1H3,(H,16,17,18,19). The Morgan fingerprint density at radius 2 is 2.38 bits per heavy atom. The molecule has 0 saturated heterocycles. The zero-order chi connectivity index (χ0) is 14.5. The van der Waals surface area contributed by atoms with Crippen LogP contribution in [0.5, 0.6) is 6.01 Å². The first-order valence-electron chi connectivity index (χ1n) is 6.78. The van der Waals surface area contributed by atoms with E-state index in [-0.39, 0.29) is 0 Å². The van der Waals surface area contributed by atoms with Crippen molar-refractivity contribution in [3.8, 4) is 6.01 Å². The smallest absolute Gasteiger partial charge is 0.320 e. The molecule has 0 aliphatic carbocycles. The average Bonchev–Trinajstić information content (AvgIpc) is 3.16. The van der Waals surface area contributed by atoms with Crippen molar-refractivity contribution in [2.75, 3.05) is 6.61 Å². The van der Waals surface area contributed by atoms with Gasteiger partial charge in [-0.1, -0.05) is 13.3 Å². The predicted molar refractivity (Wildman–Crippen MR) is 78.0 cm³/mol. The molecule has 0 aromatic carbocycles. The number of aliphatic imine (C=N–C) groups is 1. The molecular weight excluding hydrogens is 270 g/mol. The lowest BCUT2D eigenvalue weighted by Gasteiger charge is -2.04. The van der Waals surface area contributed by atoms with Gasteiger partial charge in [0.1, 0.15) is 5.76 Å². The first kappa shape index (κ1) is 13.3. The van der Waals surface area contributed by atoms with E-state index >= 15 is 0 Å². The minimum absolute atomic E-state index is 0.298. The number of unbranched alkanes of at least 4 members (excludes halogenated alkanes) is 1. The molecule has 0 atom stereocenters. The molecule has 7 nitrogen and oxygen atoms in total. The van der Waals surface area contributed by atoms with Crippen LogP contribution in [0.4, 0.5) is 5.82 Å². The van der Waals surface area contributed by atoms with Gasteiger partial charge in [-0.05, 0) is 18.6 Å². The number of nitrogens with one attached hydrogen (secondary N) is 1. The molecule has 0 bridgehead atoms. The fourth-order valence-corrected chi connectivity index (χ4v) is 1.76. The molecule has 0 radical (unpaired) electrons. The summed E-state index contributed by atoms with van der Waals surface area (Å²) in [5, 5.41) is 7.51. The number of hydrogen-bond donors (Lipinski definition) is 1. The Balaban J connectivity index is 1.90. The Bertz CT molecular complexity index is 733. The highest BCUT2D eigenvalue weighted by molar-refractivity contribution is 5.88. The summed E-state index contributed by atoms with van der Waals surface area (Å²) >= 11 is 0. The molecular formula is C14H15N5O2. The summed E-state index contributed by atoms with van der Waals surface area (Å²) in [5.74, 6) is 1.15. The maximum Gasteiger partial charge on any atom is 0.320 e. The van der Waals surface area contributed by atoms with Crippen molar-refractivity contribution in [1.29, 1.82) is 0 Å². The van der Waals surface area contributed by atoms with Crippen molar-refractivity contribution in [2.45, 2.75) is 19.8 Å². The third kappa shape index (κ3) is 3.07. The lowest BCUT2D eigenvalue weighted by Crippen LogP contribution is -2.01. The van der Waals surface area contributed by atoms with Gasteiger partial charge >= 0.3 is 6.01 Å². The van der Waals surface area contributed by atoms with Gasteiger partial charge < -0.3 is 9.15 Å². The number of fused-ring (bicyclic) bond motifs is 1. The zero-order valence-electron chi connectivity index (χ0n) is 11.6. The highest BCUT2D eigenvalue weighted by Gasteiger charge is 2.09. The van der Waals surface area contributed by atoms with Crippen LogP contribution in [0.3, 0.4) is 0 Å². The minimum Gasteiger partial charge on any atom is -0.463 e. The van der Waals surface area contributed by atoms with Gasteiger partial charge in [0.25, 0.3) is 0 Å². The van der Waals surface area contributed by atoms with Crippen LogP contribution >= 0.6 is 0 Å². The van der Waals surface area contributed by atoms with Crippen molar-refractivity contribution in [2.24, 2.45) is 4.99 Å². The molecule has 0 unspecified atom stereocenters. The minimum atomic E-state index is 0.298. The topological polar surface area (TPSA) is 89.2 Å². The summed E-state index contributed by atoms with van der Waals surface area (Å²) < 4.78 is 10.7. The first-order valence-corrected chi connectivity index (χ1v) is 6.78. The van der Waals surface area contributed by atoms with Gasteiger partial charge in [-0.25, -0.2) is 4.99 Å². The summed E-state index contributed by atoms with van der Waals surface area (Å²) in [4.78, 5) is 12.9. The van der Waals surface area contributed by atoms with Gasteiger partial charge in [-0.2, -0.15) is 15.1 Å². The number of H-pyrrole nitrogens is 1. The highest BCUT2D eigenvalue weighted by Crippen LogP contribution is 2.23. The maximum atomic E-state index is 5.53. The first-order chi connectivity index (χ1) is 10.4. The second-order valence-corrected chi connectivity index (χ2v) is 4.44. The van der Waals surface area contributed by atoms with Crippen molar-refractivity contribution < 1.29 is 9.15 Å². The van der Waals surface area contributed by atoms with Gasteiger partial charge in [0.15, 0.2) is 11.5 Å². The number of hydrogen-bond acceptors (Lipinski definition) is 6. The van der Waals surface area contributed by atoms with Crippen molar-refractivity contribution in [1.82, 2.24) is 20.2 Å². The molecule has 7 heteroatoms. The van der Waals surface area contributed by atoms with Crippen molar-refractivity contribution >= 4 is 23.1 Å². The van der Waals surface area contributed by atoms with E-state index in [4.69, 9.17) is 9.15 Å². The molecule has 1 N–H and O–H groups in total. The molecule has 0 aliphatic heterocycles. The predicted octanol–water partition coefficient (Wildman–Crippen LogP) is 2.88. The van der Waals surface area contributed by atoms with Crippen LogP contribution in [-0.2, 0) is 0 Å². The van der Waals surface area contributed by atoms with E-state index in [1.54, 1.807) is 24.7 Å². The van der Waals surface area contributed by atoms with E-state index in [2.05, 4.69) is 32.1 Å². The number of ether oxygens (including phenoxy) is 1. The normalized spacial score (nSPS) is 11.5. The quantitative estimate of drug-likeness (QED) is 0.555. The van der Waals surface area contributed by atoms with Gasteiger partial charge in [0.05, 0.1) is 30.7 Å². The molecule has 0 fully saturated rings. The summed E-state index contributed by atoms with van der Waals surface area (Å²) in [6.45, 7) is 2.68. The fourth-order valence-electron chi connectivity index (χ4n) is 1.76. The van der Waals surface area contributed by atoms with Crippen LogP contribution in [0.2, 0.25) is 0 Å². The molecule has 0 aliphatic rings. The van der Waals surface area contributed by atoms with Crippen LogP contribution in [0, 0.1) is 0 Å². The van der Waals surface area contributed by atoms with E-state index in [1.165, 1.54) is 0 Å². The molecule has 0 saturated carbocycles. The Morgan fingerprint density at radius 1 is 1.43 bits per heavy atom. The van der Waals surface area contributed by atoms with Crippen LogP contribution in [-0.4, -0.2) is 33.0 Å². The second kappa shape index (κ2) is 6.17. The number of aromatic amines is 1. The molecule has 0 spiro atoms. The Hall–Kier alpha value is -2.70. The molecule has 3 aromatic heterocycles. The Morgan fingerprint density at radius 3 is 3.19 bits per heavy atom. The summed E-state index contributed by atoms with van der Waals surface area (Å²) in [7, 11) is 0. The average molecular weight is 285 g/mol. The fraction of sp³-hybridized carbons (Fsp3) is 0.286. The van der Waals surface area contributed by atoms with Crippen LogP contribution in [0.1, 0.15) is 25.5 Å². The van der Waals surface area contributed by atoms with Crippen LogP contribution in [0.25, 0.3) is 11.0 Å². The molecule has 21 heavy (non-hydrogen) atoms. The van der Waals surface area contributed by atoms with Gasteiger partial charge in [0, 0.05) is 0 Å². The molecule has 0 amide bonds. The zero-order valence-corrected chi connectivity index (χ0v) is 11.6. The lowest BCUT2D eigenvalue weighted by molar-refractivity contribution is 0.287. The summed E-state index contributed by atoms with van der Waals surface area (Å²) in [6, 6.07) is 3.91. The number of aromatic nitrogens is 4. The molecule has 3 heterocycles. The van der Waals surface area contributed by atoms with E-state index in [1.807, 2.05) is 6.07 Å². The van der Waals surface area contributed by atoms with E-state index in [9.17, 15) is 0 Å². The Kier molecular flexibility index (Phi) is 3.90. The van der Waals surface area contributed by atoms with Gasteiger partial charge in [-0.3, -0.25) is 5.10 Å². The lowest BCUT2D eigenvalue weighted by atomic mass is 10.4. The number of nitrogens with zero attached hydrogens (tertiary/aromatic N) is 4. The molecule has 3 rings (SSSR count). The Labute approximate surface area is 121 Å². The van der Waals surface area contributed by atoms with Crippen LogP contribution < -0.4 is 4.74 Å². The SMILES string of the molecule is CCCCOc1nc(N=Cc2ccco2)c2cn[nH]c2n1. The second-order valence-electron chi connectivity index (χ2n) is 4.44.